The highest BCUT2D eigenvalue weighted by Gasteiger charge is 2.23. The summed E-state index contributed by atoms with van der Waals surface area (Å²) in [5, 5.41) is 3.11. The zero-order chi connectivity index (χ0) is 14.0. The molecule has 0 spiro atoms. The molecule has 0 aromatic carbocycles. The quantitative estimate of drug-likeness (QED) is 0.926. The first-order valence-corrected chi connectivity index (χ1v) is 7.56. The molecule has 1 amide bonds. The predicted molar refractivity (Wildman–Crippen MR) is 78.4 cm³/mol. The second kappa shape index (κ2) is 6.09. The van der Waals surface area contributed by atoms with Crippen LogP contribution in [0, 0.1) is 0 Å². The number of hydrogen-bond acceptors (Lipinski definition) is 2. The fourth-order valence-electron chi connectivity index (χ4n) is 2.44. The Kier molecular flexibility index (Phi) is 4.68. The number of carbonyl (C=O) groups excluding carboxylic acids is 1. The zero-order valence-electron chi connectivity index (χ0n) is 11.6. The number of halogens is 1. The summed E-state index contributed by atoms with van der Waals surface area (Å²) in [7, 11) is 0. The van der Waals surface area contributed by atoms with Gasteiger partial charge in [0, 0.05) is 29.4 Å². The second-order valence-corrected chi connectivity index (χ2v) is 6.34. The van der Waals surface area contributed by atoms with Crippen LogP contribution in [-0.2, 0) is 4.74 Å². The minimum absolute atomic E-state index is 0.00139. The van der Waals surface area contributed by atoms with Crippen molar-refractivity contribution in [1.29, 1.82) is 0 Å². The smallest absolute Gasteiger partial charge is 0.268 e. The zero-order valence-corrected chi connectivity index (χ0v) is 13.2. The molecular weight excluding hydrogens is 308 g/mol. The third-order valence-electron chi connectivity index (χ3n) is 3.42. The van der Waals surface area contributed by atoms with Gasteiger partial charge in [-0.05, 0) is 55.6 Å². The van der Waals surface area contributed by atoms with Crippen molar-refractivity contribution in [2.45, 2.75) is 51.8 Å². The maximum Gasteiger partial charge on any atom is 0.268 e. The molecule has 0 radical (unpaired) electrons. The fourth-order valence-corrected chi connectivity index (χ4v) is 2.88. The Morgan fingerprint density at radius 2 is 2.32 bits per heavy atom. The number of aromatic nitrogens is 1. The summed E-state index contributed by atoms with van der Waals surface area (Å²) in [5.41, 5.74) is 0.709. The number of hydrogen-bond donors (Lipinski definition) is 1. The molecule has 1 saturated heterocycles. The number of amides is 1. The molecule has 1 aliphatic rings. The topological polar surface area (TPSA) is 43.3 Å². The highest BCUT2D eigenvalue weighted by atomic mass is 79.9. The average molecular weight is 329 g/mol. The Morgan fingerprint density at radius 1 is 1.58 bits per heavy atom. The summed E-state index contributed by atoms with van der Waals surface area (Å²) in [6.07, 6.45) is 3.95. The van der Waals surface area contributed by atoms with Crippen molar-refractivity contribution in [2.24, 2.45) is 0 Å². The van der Waals surface area contributed by atoms with Gasteiger partial charge in [-0.15, -0.1) is 0 Å². The maximum atomic E-state index is 12.4. The van der Waals surface area contributed by atoms with Crippen LogP contribution in [0.1, 0.15) is 50.1 Å². The van der Waals surface area contributed by atoms with Gasteiger partial charge in [-0.2, -0.15) is 0 Å². The van der Waals surface area contributed by atoms with Crippen LogP contribution in [0.2, 0.25) is 0 Å². The van der Waals surface area contributed by atoms with Crippen molar-refractivity contribution in [1.82, 2.24) is 9.88 Å². The van der Waals surface area contributed by atoms with Gasteiger partial charge in [0.05, 0.1) is 6.10 Å². The minimum atomic E-state index is -0.00139. The Morgan fingerprint density at radius 3 is 2.95 bits per heavy atom. The largest absolute Gasteiger partial charge is 0.378 e. The Hall–Kier alpha value is -0.810. The molecule has 2 heterocycles. The van der Waals surface area contributed by atoms with E-state index in [0.29, 0.717) is 5.69 Å². The molecule has 1 N–H and O–H groups in total. The fraction of sp³-hybridized carbons (Fsp3) is 0.643. The van der Waals surface area contributed by atoms with Crippen molar-refractivity contribution in [3.8, 4) is 0 Å². The van der Waals surface area contributed by atoms with Gasteiger partial charge in [-0.1, -0.05) is 0 Å². The van der Waals surface area contributed by atoms with Crippen LogP contribution in [0.25, 0.3) is 0 Å². The molecule has 5 heteroatoms. The lowest BCUT2D eigenvalue weighted by atomic mass is 10.0. The van der Waals surface area contributed by atoms with Gasteiger partial charge in [0.2, 0.25) is 0 Å². The highest BCUT2D eigenvalue weighted by molar-refractivity contribution is 9.10. The van der Waals surface area contributed by atoms with E-state index in [0.717, 1.165) is 23.9 Å². The number of ether oxygens (including phenoxy) is 1. The number of nitrogens with one attached hydrogen (secondary N) is 1. The first kappa shape index (κ1) is 14.6. The molecule has 0 saturated carbocycles. The Bertz CT molecular complexity index is 456. The van der Waals surface area contributed by atoms with Crippen LogP contribution < -0.4 is 5.32 Å². The molecule has 106 valence electrons. The van der Waals surface area contributed by atoms with E-state index in [2.05, 4.69) is 35.1 Å². The first-order valence-electron chi connectivity index (χ1n) is 6.77. The third-order valence-corrected chi connectivity index (χ3v) is 3.86. The number of carbonyl (C=O) groups is 1. The SMILES string of the molecule is CC1CC(NC(=O)c2cc(Br)cn2C(C)C)CCO1. The molecule has 1 fully saturated rings. The summed E-state index contributed by atoms with van der Waals surface area (Å²) in [6.45, 7) is 6.91. The van der Waals surface area contributed by atoms with Crippen LogP contribution in [0.3, 0.4) is 0 Å². The lowest BCUT2D eigenvalue weighted by Crippen LogP contribution is -2.41. The molecule has 1 aromatic rings. The van der Waals surface area contributed by atoms with Crippen LogP contribution in [0.5, 0.6) is 0 Å². The van der Waals surface area contributed by atoms with Gasteiger partial charge in [0.1, 0.15) is 5.69 Å². The summed E-state index contributed by atoms with van der Waals surface area (Å²) in [5.74, 6) is -0.00139. The summed E-state index contributed by atoms with van der Waals surface area (Å²) in [4.78, 5) is 12.4. The summed E-state index contributed by atoms with van der Waals surface area (Å²) in [6, 6.07) is 2.35. The normalized spacial score (nSPS) is 23.6. The van der Waals surface area contributed by atoms with Crippen LogP contribution >= 0.6 is 15.9 Å². The lowest BCUT2D eigenvalue weighted by Gasteiger charge is -2.28. The molecule has 0 aliphatic carbocycles. The van der Waals surface area contributed by atoms with Crippen molar-refractivity contribution >= 4 is 21.8 Å². The van der Waals surface area contributed by atoms with Crippen LogP contribution in [0.15, 0.2) is 16.7 Å². The molecule has 1 aliphatic heterocycles. The first-order chi connectivity index (χ1) is 8.97. The second-order valence-electron chi connectivity index (χ2n) is 5.42. The molecule has 4 nitrogen and oxygen atoms in total. The maximum absolute atomic E-state index is 12.4. The van der Waals surface area contributed by atoms with E-state index >= 15 is 0 Å². The van der Waals surface area contributed by atoms with Crippen LogP contribution in [0.4, 0.5) is 0 Å². The van der Waals surface area contributed by atoms with Gasteiger partial charge in [-0.25, -0.2) is 0 Å². The number of nitrogens with zero attached hydrogens (tertiary/aromatic N) is 1. The van der Waals surface area contributed by atoms with E-state index in [1.165, 1.54) is 0 Å². The average Bonchev–Trinajstić information content (AvgIpc) is 2.71. The standard InChI is InChI=1S/C14H21BrN2O2/c1-9(2)17-8-11(15)7-13(17)14(18)16-12-4-5-19-10(3)6-12/h7-10,12H,4-6H2,1-3H3,(H,16,18). The van der Waals surface area contributed by atoms with E-state index < -0.39 is 0 Å². The monoisotopic (exact) mass is 328 g/mol. The third kappa shape index (κ3) is 3.60. The van der Waals surface area contributed by atoms with E-state index in [4.69, 9.17) is 4.74 Å². The van der Waals surface area contributed by atoms with Gasteiger partial charge < -0.3 is 14.6 Å². The van der Waals surface area contributed by atoms with Gasteiger partial charge >= 0.3 is 0 Å². The van der Waals surface area contributed by atoms with Crippen LogP contribution in [-0.4, -0.2) is 29.2 Å². The van der Waals surface area contributed by atoms with Gasteiger partial charge in [0.25, 0.3) is 5.91 Å². The van der Waals surface area contributed by atoms with Crippen molar-refractivity contribution < 1.29 is 9.53 Å². The molecule has 2 rings (SSSR count). The van der Waals surface area contributed by atoms with E-state index in [9.17, 15) is 4.79 Å². The molecule has 2 atom stereocenters. The summed E-state index contributed by atoms with van der Waals surface area (Å²) >= 11 is 3.43. The summed E-state index contributed by atoms with van der Waals surface area (Å²) < 4.78 is 8.42. The molecule has 2 unspecified atom stereocenters. The van der Waals surface area contributed by atoms with Gasteiger partial charge in [-0.3, -0.25) is 4.79 Å². The van der Waals surface area contributed by atoms with Crippen molar-refractivity contribution in [2.75, 3.05) is 6.61 Å². The van der Waals surface area contributed by atoms with Crippen molar-refractivity contribution in [3.63, 3.8) is 0 Å². The Labute approximate surface area is 122 Å². The van der Waals surface area contributed by atoms with E-state index in [-0.39, 0.29) is 24.1 Å². The highest BCUT2D eigenvalue weighted by Crippen LogP contribution is 2.20. The molecule has 19 heavy (non-hydrogen) atoms. The predicted octanol–water partition coefficient (Wildman–Crippen LogP) is 3.13. The lowest BCUT2D eigenvalue weighted by molar-refractivity contribution is 0.0136. The molecule has 0 bridgehead atoms. The minimum Gasteiger partial charge on any atom is -0.378 e. The van der Waals surface area contributed by atoms with Gasteiger partial charge in [0.15, 0.2) is 0 Å². The van der Waals surface area contributed by atoms with E-state index in [1.54, 1.807) is 0 Å². The molecule has 1 aromatic heterocycles. The van der Waals surface area contributed by atoms with E-state index in [1.807, 2.05) is 23.8 Å². The van der Waals surface area contributed by atoms with Crippen molar-refractivity contribution in [3.05, 3.63) is 22.4 Å². The molecular formula is C14H21BrN2O2. The Balaban J connectivity index is 2.07. The number of rotatable bonds is 3.